The molecule has 0 aliphatic heterocycles. The normalized spacial score (nSPS) is 13.3. The predicted molar refractivity (Wildman–Crippen MR) is 128 cm³/mol. The van der Waals surface area contributed by atoms with Gasteiger partial charge in [-0.2, -0.15) is 0 Å². The van der Waals surface area contributed by atoms with Gasteiger partial charge in [-0.15, -0.1) is 16.4 Å². The van der Waals surface area contributed by atoms with Crippen LogP contribution in [0.15, 0.2) is 47.3 Å². The largest absolute Gasteiger partial charge is 0.294 e. The van der Waals surface area contributed by atoms with Crippen molar-refractivity contribution in [3.05, 3.63) is 77.6 Å². The third kappa shape index (κ3) is 4.69. The Morgan fingerprint density at radius 1 is 1.16 bits per heavy atom. The number of thiazole rings is 1. The topological polar surface area (TPSA) is 64.8 Å². The molecule has 0 saturated carbocycles. The van der Waals surface area contributed by atoms with Gasteiger partial charge in [-0.3, -0.25) is 14.2 Å². The molecule has 31 heavy (non-hydrogen) atoms. The van der Waals surface area contributed by atoms with Gasteiger partial charge in [-0.1, -0.05) is 73.3 Å². The van der Waals surface area contributed by atoms with Gasteiger partial charge in [-0.05, 0) is 28.5 Å². The van der Waals surface area contributed by atoms with Crippen molar-refractivity contribution in [3.63, 3.8) is 0 Å². The molecular formula is C23H20ClN3O2S2. The van der Waals surface area contributed by atoms with Crippen LogP contribution in [0.3, 0.4) is 0 Å². The molecule has 0 aliphatic rings. The van der Waals surface area contributed by atoms with Gasteiger partial charge in [0.2, 0.25) is 0 Å². The lowest BCUT2D eigenvalue weighted by Gasteiger charge is -2.12. The number of ketones is 1. The molecule has 4 rings (SSSR count). The maximum Gasteiger partial charge on any atom is 0.269 e. The molecule has 2 aromatic carbocycles. The number of benzene rings is 2. The summed E-state index contributed by atoms with van der Waals surface area (Å²) in [4.78, 5) is 25.9. The molecule has 0 spiro atoms. The van der Waals surface area contributed by atoms with Crippen molar-refractivity contribution in [2.24, 2.45) is 5.41 Å². The first-order chi connectivity index (χ1) is 14.7. The van der Waals surface area contributed by atoms with Crippen LogP contribution in [0.5, 0.6) is 0 Å². The van der Waals surface area contributed by atoms with Crippen LogP contribution in [0, 0.1) is 5.41 Å². The minimum absolute atomic E-state index is 0.0535. The zero-order chi connectivity index (χ0) is 22.2. The number of nitrogens with zero attached hydrogens (tertiary/aromatic N) is 3. The molecular weight excluding hydrogens is 450 g/mol. The fourth-order valence-electron chi connectivity index (χ4n) is 3.01. The zero-order valence-corrected chi connectivity index (χ0v) is 19.6. The SMILES string of the molecule is CC(C)(C)C(=O)/C=c1\s/c(=C\c2ccc3ccccc3c2)c(=O)n1Cc1nnsc1Cl. The number of hydrogen-bond donors (Lipinski definition) is 0. The molecule has 0 amide bonds. The van der Waals surface area contributed by atoms with Crippen LogP contribution in [0.25, 0.3) is 22.9 Å². The zero-order valence-electron chi connectivity index (χ0n) is 17.3. The van der Waals surface area contributed by atoms with E-state index in [0.717, 1.165) is 27.9 Å². The van der Waals surface area contributed by atoms with Crippen molar-refractivity contribution >= 4 is 63.2 Å². The molecule has 4 aromatic rings. The van der Waals surface area contributed by atoms with Crippen molar-refractivity contribution in [2.45, 2.75) is 27.3 Å². The summed E-state index contributed by atoms with van der Waals surface area (Å²) in [6.45, 7) is 5.72. The number of rotatable bonds is 4. The summed E-state index contributed by atoms with van der Waals surface area (Å²) >= 11 is 8.52. The van der Waals surface area contributed by atoms with E-state index in [4.69, 9.17) is 11.6 Å². The van der Waals surface area contributed by atoms with Crippen molar-refractivity contribution < 1.29 is 4.79 Å². The van der Waals surface area contributed by atoms with E-state index in [-0.39, 0.29) is 17.9 Å². The van der Waals surface area contributed by atoms with Crippen molar-refractivity contribution in [3.8, 4) is 0 Å². The quantitative estimate of drug-likeness (QED) is 0.455. The summed E-state index contributed by atoms with van der Waals surface area (Å²) in [5.41, 5.74) is 0.704. The summed E-state index contributed by atoms with van der Waals surface area (Å²) in [5.74, 6) is -0.0535. The number of hydrogen-bond acceptors (Lipinski definition) is 6. The second kappa shape index (κ2) is 8.49. The number of carbonyl (C=O) groups is 1. The molecule has 0 aliphatic carbocycles. The Morgan fingerprint density at radius 2 is 1.90 bits per heavy atom. The Morgan fingerprint density at radius 3 is 2.58 bits per heavy atom. The van der Waals surface area contributed by atoms with Crippen LogP contribution in [-0.4, -0.2) is 19.9 Å². The number of Topliss-reactive ketones (excluding diaryl/α,β-unsaturated/α-hetero) is 1. The summed E-state index contributed by atoms with van der Waals surface area (Å²) < 4.78 is 6.94. The first kappa shape index (κ1) is 21.6. The molecule has 2 aromatic heterocycles. The molecule has 158 valence electrons. The van der Waals surface area contributed by atoms with Crippen molar-refractivity contribution in [1.82, 2.24) is 14.2 Å². The predicted octanol–water partition coefficient (Wildman–Crippen LogP) is 3.84. The number of fused-ring (bicyclic) bond motifs is 1. The van der Waals surface area contributed by atoms with Gasteiger partial charge in [-0.25, -0.2) is 0 Å². The molecule has 0 atom stereocenters. The van der Waals surface area contributed by atoms with Crippen LogP contribution < -0.4 is 14.8 Å². The highest BCUT2D eigenvalue weighted by Crippen LogP contribution is 2.18. The smallest absolute Gasteiger partial charge is 0.269 e. The third-order valence-corrected chi connectivity index (χ3v) is 6.86. The van der Waals surface area contributed by atoms with Crippen LogP contribution >= 0.6 is 34.5 Å². The first-order valence-corrected chi connectivity index (χ1v) is 11.6. The van der Waals surface area contributed by atoms with Gasteiger partial charge >= 0.3 is 0 Å². The molecule has 8 heteroatoms. The molecule has 5 nitrogen and oxygen atoms in total. The van der Waals surface area contributed by atoms with Gasteiger partial charge < -0.3 is 0 Å². The molecule has 0 saturated heterocycles. The lowest BCUT2D eigenvalue weighted by atomic mass is 9.91. The number of aromatic nitrogens is 3. The van der Waals surface area contributed by atoms with Crippen LogP contribution in [-0.2, 0) is 11.3 Å². The molecule has 0 unspecified atom stereocenters. The van der Waals surface area contributed by atoms with E-state index >= 15 is 0 Å². The van der Waals surface area contributed by atoms with E-state index in [1.54, 1.807) is 4.57 Å². The van der Waals surface area contributed by atoms with E-state index < -0.39 is 5.41 Å². The fraction of sp³-hybridized carbons (Fsp3) is 0.217. The van der Waals surface area contributed by atoms with E-state index in [9.17, 15) is 9.59 Å². The summed E-state index contributed by atoms with van der Waals surface area (Å²) in [6.07, 6.45) is 3.40. The summed E-state index contributed by atoms with van der Waals surface area (Å²) in [5, 5.41) is 6.26. The average Bonchev–Trinajstić information content (AvgIpc) is 3.25. The average molecular weight is 470 g/mol. The lowest BCUT2D eigenvalue weighted by Crippen LogP contribution is -2.33. The highest BCUT2D eigenvalue weighted by Gasteiger charge is 2.20. The minimum atomic E-state index is -0.549. The Balaban J connectivity index is 1.88. The molecule has 2 heterocycles. The van der Waals surface area contributed by atoms with E-state index in [0.29, 0.717) is 19.2 Å². The number of carbonyl (C=O) groups excluding carboxylic acids is 1. The third-order valence-electron chi connectivity index (χ3n) is 4.82. The summed E-state index contributed by atoms with van der Waals surface area (Å²) in [7, 11) is 0. The Kier molecular flexibility index (Phi) is 5.92. The van der Waals surface area contributed by atoms with Crippen LogP contribution in [0.2, 0.25) is 4.34 Å². The van der Waals surface area contributed by atoms with Gasteiger partial charge in [0.05, 0.1) is 11.1 Å². The fourth-order valence-corrected chi connectivity index (χ4v) is 4.66. The van der Waals surface area contributed by atoms with E-state index in [1.807, 2.05) is 69.3 Å². The maximum absolute atomic E-state index is 13.2. The number of halogens is 1. The van der Waals surface area contributed by atoms with Gasteiger partial charge in [0.15, 0.2) is 5.78 Å². The van der Waals surface area contributed by atoms with Crippen LogP contribution in [0.1, 0.15) is 32.0 Å². The van der Waals surface area contributed by atoms with Gasteiger partial charge in [0, 0.05) is 23.0 Å². The Labute approximate surface area is 192 Å². The highest BCUT2D eigenvalue weighted by molar-refractivity contribution is 7.10. The molecule has 0 N–H and O–H groups in total. The Hall–Kier alpha value is -2.61. The van der Waals surface area contributed by atoms with Gasteiger partial charge in [0.25, 0.3) is 5.56 Å². The maximum atomic E-state index is 13.2. The van der Waals surface area contributed by atoms with Crippen molar-refractivity contribution in [1.29, 1.82) is 0 Å². The van der Waals surface area contributed by atoms with Crippen molar-refractivity contribution in [2.75, 3.05) is 0 Å². The van der Waals surface area contributed by atoms with E-state index in [1.165, 1.54) is 17.4 Å². The monoisotopic (exact) mass is 469 g/mol. The first-order valence-electron chi connectivity index (χ1n) is 9.65. The Bertz CT molecular complexity index is 1460. The van der Waals surface area contributed by atoms with Crippen LogP contribution in [0.4, 0.5) is 0 Å². The standard InChI is InChI=1S/C23H20ClN3O2S2/c1-23(2,3)19(28)12-20-27(13-17-21(24)31-26-25-17)22(29)18(30-20)11-14-8-9-15-6-4-5-7-16(15)10-14/h4-12H,13H2,1-3H3/b18-11-,20-12-. The second-order valence-electron chi connectivity index (χ2n) is 8.20. The van der Waals surface area contributed by atoms with E-state index in [2.05, 4.69) is 9.59 Å². The molecule has 0 radical (unpaired) electrons. The second-order valence-corrected chi connectivity index (χ2v) is 10.6. The minimum Gasteiger partial charge on any atom is -0.294 e. The highest BCUT2D eigenvalue weighted by atomic mass is 35.5. The lowest BCUT2D eigenvalue weighted by molar-refractivity contribution is -0.120. The summed E-state index contributed by atoms with van der Waals surface area (Å²) in [6, 6.07) is 14.1. The molecule has 0 fully saturated rings. The molecule has 0 bridgehead atoms. The van der Waals surface area contributed by atoms with Gasteiger partial charge in [0.1, 0.15) is 14.7 Å².